The standard InChI is InChI=1S/C21H18ClN3O3S2/c1-13-15-10-18(30-20(15)25(23-13)17-8-4-3-7-16(17)22)21(27)28-12-19(26)24(2)11-14-6-5-9-29-14/h3-10H,11-12H2,1-2H3. The fourth-order valence-corrected chi connectivity index (χ4v) is 5.01. The summed E-state index contributed by atoms with van der Waals surface area (Å²) in [6.45, 7) is 2.06. The van der Waals surface area contributed by atoms with Crippen molar-refractivity contribution in [3.8, 4) is 5.69 Å². The normalized spacial score (nSPS) is 11.0. The molecule has 0 atom stereocenters. The van der Waals surface area contributed by atoms with E-state index in [-0.39, 0.29) is 12.5 Å². The first-order valence-electron chi connectivity index (χ1n) is 9.11. The molecule has 9 heteroatoms. The summed E-state index contributed by atoms with van der Waals surface area (Å²) in [7, 11) is 1.69. The van der Waals surface area contributed by atoms with Gasteiger partial charge >= 0.3 is 5.97 Å². The van der Waals surface area contributed by atoms with E-state index in [1.165, 1.54) is 11.3 Å². The SMILES string of the molecule is Cc1nn(-c2ccccc2Cl)c2sc(C(=O)OCC(=O)N(C)Cc3cccs3)cc12. The summed E-state index contributed by atoms with van der Waals surface area (Å²) < 4.78 is 7.00. The van der Waals surface area contributed by atoms with Crippen molar-refractivity contribution in [2.24, 2.45) is 0 Å². The first-order chi connectivity index (χ1) is 14.4. The summed E-state index contributed by atoms with van der Waals surface area (Å²) in [5, 5.41) is 7.93. The van der Waals surface area contributed by atoms with E-state index in [1.54, 1.807) is 40.1 Å². The molecule has 1 aromatic carbocycles. The summed E-state index contributed by atoms with van der Waals surface area (Å²) in [5.41, 5.74) is 1.52. The number of rotatable bonds is 6. The summed E-state index contributed by atoms with van der Waals surface area (Å²) in [6, 6.07) is 13.0. The van der Waals surface area contributed by atoms with Crippen molar-refractivity contribution in [1.29, 1.82) is 0 Å². The molecule has 0 spiro atoms. The highest BCUT2D eigenvalue weighted by Crippen LogP contribution is 2.32. The Morgan fingerprint density at radius 2 is 2.03 bits per heavy atom. The van der Waals surface area contributed by atoms with Crippen LogP contribution in [0.15, 0.2) is 47.8 Å². The van der Waals surface area contributed by atoms with Gasteiger partial charge in [-0.2, -0.15) is 5.10 Å². The van der Waals surface area contributed by atoms with Crippen molar-refractivity contribution in [2.45, 2.75) is 13.5 Å². The Labute approximate surface area is 186 Å². The van der Waals surface area contributed by atoms with E-state index in [9.17, 15) is 9.59 Å². The zero-order valence-corrected chi connectivity index (χ0v) is 18.7. The van der Waals surface area contributed by atoms with Gasteiger partial charge in [-0.15, -0.1) is 22.7 Å². The molecule has 0 saturated carbocycles. The van der Waals surface area contributed by atoms with Crippen LogP contribution in [0, 0.1) is 6.92 Å². The average Bonchev–Trinajstić information content (AvgIpc) is 3.45. The molecule has 4 rings (SSSR count). The molecule has 0 aliphatic rings. The Morgan fingerprint density at radius 1 is 1.23 bits per heavy atom. The highest BCUT2D eigenvalue weighted by molar-refractivity contribution is 7.20. The molecule has 30 heavy (non-hydrogen) atoms. The first kappa shape index (κ1) is 20.6. The van der Waals surface area contributed by atoms with Crippen molar-refractivity contribution in [1.82, 2.24) is 14.7 Å². The molecular weight excluding hydrogens is 442 g/mol. The minimum atomic E-state index is -0.529. The number of aromatic nitrogens is 2. The van der Waals surface area contributed by atoms with E-state index in [2.05, 4.69) is 5.10 Å². The average molecular weight is 460 g/mol. The van der Waals surface area contributed by atoms with Crippen molar-refractivity contribution >= 4 is 56.4 Å². The largest absolute Gasteiger partial charge is 0.451 e. The number of aryl methyl sites for hydroxylation is 1. The fourth-order valence-electron chi connectivity index (χ4n) is 2.97. The van der Waals surface area contributed by atoms with Gasteiger partial charge in [0.25, 0.3) is 5.91 Å². The van der Waals surface area contributed by atoms with Crippen molar-refractivity contribution in [2.75, 3.05) is 13.7 Å². The monoisotopic (exact) mass is 459 g/mol. The van der Waals surface area contributed by atoms with E-state index >= 15 is 0 Å². The molecule has 0 bridgehead atoms. The molecule has 1 amide bonds. The maximum absolute atomic E-state index is 12.5. The Bertz CT molecular complexity index is 1210. The van der Waals surface area contributed by atoms with Gasteiger partial charge in [-0.3, -0.25) is 4.79 Å². The maximum atomic E-state index is 12.5. The molecule has 154 valence electrons. The van der Waals surface area contributed by atoms with Gasteiger partial charge in [-0.25, -0.2) is 9.48 Å². The number of likely N-dealkylation sites (N-methyl/N-ethyl adjacent to an activating group) is 1. The van der Waals surface area contributed by atoms with Crippen molar-refractivity contribution in [3.05, 3.63) is 68.3 Å². The van der Waals surface area contributed by atoms with E-state index in [0.29, 0.717) is 16.4 Å². The first-order valence-corrected chi connectivity index (χ1v) is 11.2. The summed E-state index contributed by atoms with van der Waals surface area (Å²) in [6.07, 6.45) is 0. The Kier molecular flexibility index (Phi) is 5.90. The van der Waals surface area contributed by atoms with Gasteiger partial charge in [-0.05, 0) is 36.6 Å². The third-order valence-electron chi connectivity index (χ3n) is 4.55. The molecule has 3 aromatic heterocycles. The topological polar surface area (TPSA) is 64.4 Å². The Balaban J connectivity index is 1.48. The highest BCUT2D eigenvalue weighted by atomic mass is 35.5. The molecule has 0 radical (unpaired) electrons. The van der Waals surface area contributed by atoms with Crippen LogP contribution < -0.4 is 0 Å². The van der Waals surface area contributed by atoms with E-state index < -0.39 is 5.97 Å². The van der Waals surface area contributed by atoms with Crippen LogP contribution >= 0.6 is 34.3 Å². The number of nitrogens with zero attached hydrogens (tertiary/aromatic N) is 3. The van der Waals surface area contributed by atoms with Crippen LogP contribution in [-0.2, 0) is 16.1 Å². The van der Waals surface area contributed by atoms with Crippen LogP contribution in [0.5, 0.6) is 0 Å². The van der Waals surface area contributed by atoms with E-state index in [0.717, 1.165) is 26.5 Å². The number of benzene rings is 1. The number of halogens is 1. The molecule has 6 nitrogen and oxygen atoms in total. The second-order valence-corrected chi connectivity index (χ2v) is 9.15. The molecule has 0 saturated heterocycles. The third kappa shape index (κ3) is 4.12. The second-order valence-electron chi connectivity index (χ2n) is 6.68. The lowest BCUT2D eigenvalue weighted by Gasteiger charge is -2.15. The smallest absolute Gasteiger partial charge is 0.348 e. The number of hydrogen-bond donors (Lipinski definition) is 0. The molecule has 4 aromatic rings. The van der Waals surface area contributed by atoms with Crippen LogP contribution in [-0.4, -0.2) is 40.2 Å². The Morgan fingerprint density at radius 3 is 2.77 bits per heavy atom. The lowest BCUT2D eigenvalue weighted by molar-refractivity contribution is -0.133. The van der Waals surface area contributed by atoms with Gasteiger partial charge in [0.15, 0.2) is 6.61 Å². The number of amides is 1. The number of thiophene rings is 2. The summed E-state index contributed by atoms with van der Waals surface area (Å²) >= 11 is 9.16. The summed E-state index contributed by atoms with van der Waals surface area (Å²) in [4.78, 5) is 28.7. The number of fused-ring (bicyclic) bond motifs is 1. The fraction of sp³-hybridized carbons (Fsp3) is 0.190. The minimum absolute atomic E-state index is 0.253. The third-order valence-corrected chi connectivity index (χ3v) is 6.82. The van der Waals surface area contributed by atoms with Gasteiger partial charge < -0.3 is 9.64 Å². The van der Waals surface area contributed by atoms with Gasteiger partial charge in [0.1, 0.15) is 9.71 Å². The number of hydrogen-bond acceptors (Lipinski definition) is 6. The van der Waals surface area contributed by atoms with Crippen LogP contribution in [0.4, 0.5) is 0 Å². The van der Waals surface area contributed by atoms with E-state index in [1.807, 2.05) is 42.6 Å². The van der Waals surface area contributed by atoms with Crippen LogP contribution in [0.25, 0.3) is 15.9 Å². The molecule has 0 aliphatic heterocycles. The van der Waals surface area contributed by atoms with Gasteiger partial charge in [-0.1, -0.05) is 29.8 Å². The maximum Gasteiger partial charge on any atom is 0.348 e. The van der Waals surface area contributed by atoms with Gasteiger partial charge in [0, 0.05) is 17.3 Å². The van der Waals surface area contributed by atoms with Crippen LogP contribution in [0.2, 0.25) is 5.02 Å². The van der Waals surface area contributed by atoms with Crippen molar-refractivity contribution < 1.29 is 14.3 Å². The number of carbonyl (C=O) groups excluding carboxylic acids is 2. The zero-order valence-electron chi connectivity index (χ0n) is 16.3. The lowest BCUT2D eigenvalue weighted by Crippen LogP contribution is -2.30. The van der Waals surface area contributed by atoms with Crippen molar-refractivity contribution in [3.63, 3.8) is 0 Å². The highest BCUT2D eigenvalue weighted by Gasteiger charge is 2.20. The van der Waals surface area contributed by atoms with Crippen LogP contribution in [0.1, 0.15) is 20.2 Å². The summed E-state index contributed by atoms with van der Waals surface area (Å²) in [5.74, 6) is -0.782. The second kappa shape index (κ2) is 8.59. The Hall–Kier alpha value is -2.68. The molecular formula is C21H18ClN3O3S2. The predicted octanol–water partition coefficient (Wildman–Crippen LogP) is 4.93. The molecule has 0 aliphatic carbocycles. The van der Waals surface area contributed by atoms with Gasteiger partial charge in [0.05, 0.1) is 22.9 Å². The number of carbonyl (C=O) groups is 2. The molecule has 0 unspecified atom stereocenters. The van der Waals surface area contributed by atoms with Gasteiger partial charge in [0.2, 0.25) is 0 Å². The van der Waals surface area contributed by atoms with E-state index in [4.69, 9.17) is 16.3 Å². The quantitative estimate of drug-likeness (QED) is 0.384. The van der Waals surface area contributed by atoms with Crippen LogP contribution in [0.3, 0.4) is 0 Å². The number of para-hydroxylation sites is 1. The molecule has 0 N–H and O–H groups in total. The number of esters is 1. The predicted molar refractivity (Wildman–Crippen MR) is 120 cm³/mol. The number of ether oxygens (including phenoxy) is 1. The minimum Gasteiger partial charge on any atom is -0.451 e. The molecule has 3 heterocycles. The molecule has 0 fully saturated rings. The zero-order chi connectivity index (χ0) is 21.3. The lowest BCUT2D eigenvalue weighted by atomic mass is 10.3.